The third-order valence-corrected chi connectivity index (χ3v) is 2.89. The Balaban J connectivity index is 2.91. The standard InChI is InChI=1S/C12H21N3O5/c1-4-5-13-10(16)14(6-8-19-2)12(18)15(11(13)17)7-9-20-3/h4,10,16H,1,5-9H2,2-3H3. The quantitative estimate of drug-likeness (QED) is 0.630. The van der Waals surface area contributed by atoms with Crippen LogP contribution in [-0.2, 0) is 9.47 Å². The van der Waals surface area contributed by atoms with Crippen LogP contribution in [0.15, 0.2) is 12.7 Å². The van der Waals surface area contributed by atoms with Crippen molar-refractivity contribution >= 4 is 12.1 Å². The maximum atomic E-state index is 12.2. The second-order valence-corrected chi connectivity index (χ2v) is 4.18. The summed E-state index contributed by atoms with van der Waals surface area (Å²) in [4.78, 5) is 27.7. The summed E-state index contributed by atoms with van der Waals surface area (Å²) in [6.07, 6.45) is 0.168. The van der Waals surface area contributed by atoms with Gasteiger partial charge in [-0.3, -0.25) is 9.80 Å². The third kappa shape index (κ3) is 3.47. The van der Waals surface area contributed by atoms with Crippen molar-refractivity contribution in [2.75, 3.05) is 47.1 Å². The van der Waals surface area contributed by atoms with Crippen molar-refractivity contribution in [2.24, 2.45) is 0 Å². The van der Waals surface area contributed by atoms with Crippen molar-refractivity contribution in [1.29, 1.82) is 0 Å². The van der Waals surface area contributed by atoms with E-state index in [1.807, 2.05) is 0 Å². The first-order valence-corrected chi connectivity index (χ1v) is 6.24. The summed E-state index contributed by atoms with van der Waals surface area (Å²) in [6.45, 7) is 4.48. The lowest BCUT2D eigenvalue weighted by molar-refractivity contribution is -0.0944. The minimum atomic E-state index is -1.32. The number of hydrogen-bond donors (Lipinski definition) is 1. The molecule has 1 aliphatic rings. The van der Waals surface area contributed by atoms with Crippen LogP contribution in [-0.4, -0.2) is 85.3 Å². The van der Waals surface area contributed by atoms with Gasteiger partial charge in [-0.05, 0) is 0 Å². The summed E-state index contributed by atoms with van der Waals surface area (Å²) in [7, 11) is 2.98. The highest BCUT2D eigenvalue weighted by molar-refractivity contribution is 5.96. The van der Waals surface area contributed by atoms with Crippen molar-refractivity contribution in [3.8, 4) is 0 Å². The van der Waals surface area contributed by atoms with Gasteiger partial charge in [-0.15, -0.1) is 6.58 Å². The zero-order valence-electron chi connectivity index (χ0n) is 11.8. The van der Waals surface area contributed by atoms with Gasteiger partial charge in [0.05, 0.1) is 26.3 Å². The lowest BCUT2D eigenvalue weighted by atomic mass is 10.4. The fourth-order valence-electron chi connectivity index (χ4n) is 1.84. The summed E-state index contributed by atoms with van der Waals surface area (Å²) in [6, 6.07) is -1.12. The molecule has 0 aromatic rings. The van der Waals surface area contributed by atoms with E-state index in [4.69, 9.17) is 9.47 Å². The molecule has 1 heterocycles. The van der Waals surface area contributed by atoms with Crippen molar-refractivity contribution < 1.29 is 24.2 Å². The molecule has 114 valence electrons. The van der Waals surface area contributed by atoms with E-state index < -0.39 is 18.4 Å². The molecule has 1 atom stereocenters. The van der Waals surface area contributed by atoms with Crippen LogP contribution >= 0.6 is 0 Å². The molecule has 0 aromatic carbocycles. The number of nitrogens with zero attached hydrogens (tertiary/aromatic N) is 3. The van der Waals surface area contributed by atoms with Gasteiger partial charge in [0.1, 0.15) is 0 Å². The number of hydrogen-bond acceptors (Lipinski definition) is 5. The Morgan fingerprint density at radius 3 is 2.25 bits per heavy atom. The normalized spacial score (nSPS) is 19.8. The molecule has 0 aromatic heterocycles. The minimum Gasteiger partial charge on any atom is -0.383 e. The second kappa shape index (κ2) is 7.83. The molecule has 1 saturated heterocycles. The molecule has 4 amide bonds. The topological polar surface area (TPSA) is 82.6 Å². The zero-order valence-corrected chi connectivity index (χ0v) is 11.8. The summed E-state index contributed by atoms with van der Waals surface area (Å²) >= 11 is 0. The van der Waals surface area contributed by atoms with Gasteiger partial charge in [0.2, 0.25) is 6.35 Å². The predicted molar refractivity (Wildman–Crippen MR) is 70.9 cm³/mol. The van der Waals surface area contributed by atoms with Crippen LogP contribution in [0, 0.1) is 0 Å². The molecule has 1 unspecified atom stereocenters. The van der Waals surface area contributed by atoms with Gasteiger partial charge in [0, 0.05) is 20.8 Å². The fraction of sp³-hybridized carbons (Fsp3) is 0.667. The summed E-state index contributed by atoms with van der Waals surface area (Å²) in [5.41, 5.74) is 0. The maximum Gasteiger partial charge on any atom is 0.332 e. The van der Waals surface area contributed by atoms with Crippen molar-refractivity contribution in [3.05, 3.63) is 12.7 Å². The first kappa shape index (κ1) is 16.4. The molecule has 0 radical (unpaired) electrons. The van der Waals surface area contributed by atoms with Gasteiger partial charge in [-0.2, -0.15) is 0 Å². The Morgan fingerprint density at radius 1 is 1.15 bits per heavy atom. The smallest absolute Gasteiger partial charge is 0.332 e. The van der Waals surface area contributed by atoms with E-state index >= 15 is 0 Å². The molecule has 8 nitrogen and oxygen atoms in total. The van der Waals surface area contributed by atoms with E-state index in [1.165, 1.54) is 25.2 Å². The van der Waals surface area contributed by atoms with E-state index in [0.717, 1.165) is 9.80 Å². The number of amides is 4. The monoisotopic (exact) mass is 287 g/mol. The van der Waals surface area contributed by atoms with Crippen LogP contribution < -0.4 is 0 Å². The fourth-order valence-corrected chi connectivity index (χ4v) is 1.84. The van der Waals surface area contributed by atoms with Gasteiger partial charge in [-0.25, -0.2) is 14.5 Å². The lowest BCUT2D eigenvalue weighted by Gasteiger charge is -2.44. The number of rotatable bonds is 8. The molecular weight excluding hydrogens is 266 g/mol. The number of methoxy groups -OCH3 is 2. The first-order valence-electron chi connectivity index (χ1n) is 6.24. The maximum absolute atomic E-state index is 12.2. The van der Waals surface area contributed by atoms with Crippen LogP contribution in [0.1, 0.15) is 0 Å². The molecule has 0 saturated carbocycles. The number of ether oxygens (including phenoxy) is 2. The summed E-state index contributed by atoms with van der Waals surface area (Å²) in [5, 5.41) is 10.1. The van der Waals surface area contributed by atoms with E-state index in [-0.39, 0.29) is 32.8 Å². The first-order chi connectivity index (χ1) is 9.58. The van der Waals surface area contributed by atoms with Gasteiger partial charge >= 0.3 is 12.1 Å². The molecule has 1 fully saturated rings. The lowest BCUT2D eigenvalue weighted by Crippen LogP contribution is -2.67. The minimum absolute atomic E-state index is 0.123. The highest BCUT2D eigenvalue weighted by atomic mass is 16.5. The molecule has 20 heavy (non-hydrogen) atoms. The molecule has 0 aliphatic carbocycles. The molecule has 0 spiro atoms. The van der Waals surface area contributed by atoms with Gasteiger partial charge in [0.25, 0.3) is 0 Å². The van der Waals surface area contributed by atoms with Gasteiger partial charge < -0.3 is 14.6 Å². The van der Waals surface area contributed by atoms with Crippen LogP contribution in [0.3, 0.4) is 0 Å². The van der Waals surface area contributed by atoms with Gasteiger partial charge in [-0.1, -0.05) is 6.08 Å². The van der Waals surface area contributed by atoms with E-state index in [2.05, 4.69) is 6.58 Å². The number of aliphatic hydroxyl groups is 1. The number of imide groups is 1. The van der Waals surface area contributed by atoms with Crippen molar-refractivity contribution in [2.45, 2.75) is 6.35 Å². The van der Waals surface area contributed by atoms with E-state index in [9.17, 15) is 14.7 Å². The van der Waals surface area contributed by atoms with Crippen molar-refractivity contribution in [3.63, 3.8) is 0 Å². The molecule has 0 bridgehead atoms. The van der Waals surface area contributed by atoms with Crippen LogP contribution in [0.2, 0.25) is 0 Å². The molecule has 1 aliphatic heterocycles. The Morgan fingerprint density at radius 2 is 1.70 bits per heavy atom. The Labute approximate surface area is 118 Å². The van der Waals surface area contributed by atoms with E-state index in [1.54, 1.807) is 0 Å². The Kier molecular flexibility index (Phi) is 6.43. The number of carbonyl (C=O) groups excluding carboxylic acids is 2. The number of carbonyl (C=O) groups is 2. The van der Waals surface area contributed by atoms with Crippen LogP contribution in [0.4, 0.5) is 9.59 Å². The number of urea groups is 2. The highest BCUT2D eigenvalue weighted by Crippen LogP contribution is 2.17. The Hall–Kier alpha value is -1.64. The summed E-state index contributed by atoms with van der Waals surface area (Å²) in [5.74, 6) is 0. The van der Waals surface area contributed by atoms with Gasteiger partial charge in [0.15, 0.2) is 0 Å². The average Bonchev–Trinajstić information content (AvgIpc) is 2.43. The number of aliphatic hydroxyl groups excluding tert-OH is 1. The largest absolute Gasteiger partial charge is 0.383 e. The molecular formula is C12H21N3O5. The Bertz CT molecular complexity index is 363. The molecule has 1 N–H and O–H groups in total. The molecule has 1 rings (SSSR count). The second-order valence-electron chi connectivity index (χ2n) is 4.18. The average molecular weight is 287 g/mol. The summed E-state index contributed by atoms with van der Waals surface area (Å²) < 4.78 is 9.80. The highest BCUT2D eigenvalue weighted by Gasteiger charge is 2.42. The van der Waals surface area contributed by atoms with Crippen LogP contribution in [0.5, 0.6) is 0 Å². The zero-order chi connectivity index (χ0) is 15.1. The SMILES string of the molecule is C=CCN1C(=O)N(CCOC)C(=O)N(CCOC)C1O. The molecule has 8 heteroatoms. The van der Waals surface area contributed by atoms with Crippen LogP contribution in [0.25, 0.3) is 0 Å². The van der Waals surface area contributed by atoms with Crippen molar-refractivity contribution in [1.82, 2.24) is 14.7 Å². The van der Waals surface area contributed by atoms with E-state index in [0.29, 0.717) is 0 Å². The third-order valence-electron chi connectivity index (χ3n) is 2.89. The predicted octanol–water partition coefficient (Wildman–Crippen LogP) is -0.0993.